The second-order valence-corrected chi connectivity index (χ2v) is 2.73. The fourth-order valence-corrected chi connectivity index (χ4v) is 1.13. The molecule has 6 heteroatoms. The third-order valence-electron chi connectivity index (χ3n) is 1.48. The van der Waals surface area contributed by atoms with Crippen molar-refractivity contribution >= 4 is 17.9 Å². The van der Waals surface area contributed by atoms with Gasteiger partial charge in [0.05, 0.1) is 10.6 Å². The average molecular weight is 217 g/mol. The molecule has 1 rings (SSSR count). The zero-order valence-electron chi connectivity index (χ0n) is 6.67. The van der Waals surface area contributed by atoms with Crippen molar-refractivity contribution in [1.82, 2.24) is 4.98 Å². The van der Waals surface area contributed by atoms with Gasteiger partial charge in [0.25, 0.3) is 6.43 Å². The number of alkyl halides is 2. The van der Waals surface area contributed by atoms with Gasteiger partial charge in [-0.3, -0.25) is 4.79 Å². The molecular weight excluding hydrogens is 214 g/mol. The highest BCUT2D eigenvalue weighted by atomic mass is 35.5. The SMILES string of the molecule is N#Cc1cc(Cl)c(C=O)c(C(F)F)n1. The first-order chi connectivity index (χ1) is 6.60. The molecule has 1 heterocycles. The lowest BCUT2D eigenvalue weighted by molar-refractivity contribution is 0.110. The van der Waals surface area contributed by atoms with Crippen LogP contribution in [-0.4, -0.2) is 11.3 Å². The van der Waals surface area contributed by atoms with Crippen LogP contribution in [0.15, 0.2) is 6.07 Å². The Balaban J connectivity index is 3.45. The first-order valence-electron chi connectivity index (χ1n) is 3.44. The molecule has 0 unspecified atom stereocenters. The lowest BCUT2D eigenvalue weighted by Crippen LogP contribution is -2.00. The highest BCUT2D eigenvalue weighted by Gasteiger charge is 2.18. The minimum absolute atomic E-state index is 0.192. The zero-order chi connectivity index (χ0) is 10.7. The van der Waals surface area contributed by atoms with Crippen LogP contribution >= 0.6 is 11.6 Å². The number of rotatable bonds is 2. The number of pyridine rings is 1. The Labute approximate surface area is 82.9 Å². The first kappa shape index (κ1) is 10.5. The van der Waals surface area contributed by atoms with E-state index in [-0.39, 0.29) is 22.6 Å². The van der Waals surface area contributed by atoms with E-state index in [2.05, 4.69) is 4.98 Å². The molecule has 0 saturated carbocycles. The second kappa shape index (κ2) is 4.11. The number of hydrogen-bond donors (Lipinski definition) is 0. The Morgan fingerprint density at radius 1 is 1.64 bits per heavy atom. The van der Waals surface area contributed by atoms with Crippen molar-refractivity contribution in [2.45, 2.75) is 6.43 Å². The molecule has 0 saturated heterocycles. The molecule has 0 aliphatic heterocycles. The van der Waals surface area contributed by atoms with Gasteiger partial charge in [0, 0.05) is 0 Å². The molecule has 1 aromatic heterocycles. The van der Waals surface area contributed by atoms with Crippen LogP contribution in [0.1, 0.15) is 28.2 Å². The van der Waals surface area contributed by atoms with E-state index >= 15 is 0 Å². The second-order valence-electron chi connectivity index (χ2n) is 2.32. The molecule has 14 heavy (non-hydrogen) atoms. The van der Waals surface area contributed by atoms with Gasteiger partial charge >= 0.3 is 0 Å². The van der Waals surface area contributed by atoms with Gasteiger partial charge in [-0.1, -0.05) is 11.6 Å². The summed E-state index contributed by atoms with van der Waals surface area (Å²) >= 11 is 5.50. The Morgan fingerprint density at radius 2 is 2.29 bits per heavy atom. The molecule has 0 spiro atoms. The molecule has 0 aromatic carbocycles. The van der Waals surface area contributed by atoms with E-state index in [1.807, 2.05) is 0 Å². The highest BCUT2D eigenvalue weighted by Crippen LogP contribution is 2.25. The molecule has 0 aliphatic carbocycles. The maximum atomic E-state index is 12.3. The van der Waals surface area contributed by atoms with Crippen LogP contribution in [0.2, 0.25) is 5.02 Å². The lowest BCUT2D eigenvalue weighted by Gasteiger charge is -2.04. The fourth-order valence-electron chi connectivity index (χ4n) is 0.883. The third-order valence-corrected chi connectivity index (χ3v) is 1.79. The topological polar surface area (TPSA) is 53.8 Å². The van der Waals surface area contributed by atoms with Crippen molar-refractivity contribution in [3.8, 4) is 6.07 Å². The van der Waals surface area contributed by atoms with Gasteiger partial charge in [-0.05, 0) is 6.07 Å². The zero-order valence-corrected chi connectivity index (χ0v) is 7.42. The fraction of sp³-hybridized carbons (Fsp3) is 0.125. The van der Waals surface area contributed by atoms with Crippen molar-refractivity contribution in [3.05, 3.63) is 28.0 Å². The van der Waals surface area contributed by atoms with Gasteiger partial charge in [0.1, 0.15) is 17.5 Å². The van der Waals surface area contributed by atoms with E-state index in [1.54, 1.807) is 6.07 Å². The summed E-state index contributed by atoms with van der Waals surface area (Å²) in [6.45, 7) is 0. The predicted octanol–water partition coefficient (Wildman–Crippen LogP) is 2.36. The van der Waals surface area contributed by atoms with E-state index in [0.717, 1.165) is 6.07 Å². The van der Waals surface area contributed by atoms with Crippen LogP contribution in [0.3, 0.4) is 0 Å². The molecule has 0 bridgehead atoms. The van der Waals surface area contributed by atoms with Gasteiger partial charge < -0.3 is 0 Å². The van der Waals surface area contributed by atoms with E-state index in [9.17, 15) is 13.6 Å². The Morgan fingerprint density at radius 3 is 2.71 bits per heavy atom. The number of nitriles is 1. The average Bonchev–Trinajstić information content (AvgIpc) is 2.16. The molecular formula is C8H3ClF2N2O. The largest absolute Gasteiger partial charge is 0.298 e. The molecule has 0 atom stereocenters. The summed E-state index contributed by atoms with van der Waals surface area (Å²) in [7, 11) is 0. The van der Waals surface area contributed by atoms with Crippen LogP contribution in [0.4, 0.5) is 8.78 Å². The van der Waals surface area contributed by atoms with Crippen LogP contribution < -0.4 is 0 Å². The van der Waals surface area contributed by atoms with E-state index in [4.69, 9.17) is 16.9 Å². The Hall–Kier alpha value is -1.54. The standard InChI is InChI=1S/C8H3ClF2N2O/c9-6-1-4(2-12)13-7(8(10)11)5(6)3-14/h1,3,8H. The third kappa shape index (κ3) is 1.86. The highest BCUT2D eigenvalue weighted by molar-refractivity contribution is 6.33. The lowest BCUT2D eigenvalue weighted by atomic mass is 10.2. The van der Waals surface area contributed by atoms with Crippen molar-refractivity contribution in [3.63, 3.8) is 0 Å². The quantitative estimate of drug-likeness (QED) is 0.713. The van der Waals surface area contributed by atoms with Crippen LogP contribution in [0.25, 0.3) is 0 Å². The van der Waals surface area contributed by atoms with Gasteiger partial charge in [0.2, 0.25) is 0 Å². The minimum Gasteiger partial charge on any atom is -0.298 e. The summed E-state index contributed by atoms with van der Waals surface area (Å²) in [5, 5.41) is 8.23. The van der Waals surface area contributed by atoms with Gasteiger partial charge in [-0.2, -0.15) is 5.26 Å². The number of nitrogens with zero attached hydrogens (tertiary/aromatic N) is 2. The van der Waals surface area contributed by atoms with Crippen molar-refractivity contribution < 1.29 is 13.6 Å². The monoisotopic (exact) mass is 216 g/mol. The molecule has 1 aromatic rings. The Kier molecular flexibility index (Phi) is 3.10. The molecule has 3 nitrogen and oxygen atoms in total. The van der Waals surface area contributed by atoms with E-state index < -0.39 is 12.1 Å². The van der Waals surface area contributed by atoms with Crippen LogP contribution in [-0.2, 0) is 0 Å². The number of halogens is 3. The summed E-state index contributed by atoms with van der Waals surface area (Å²) in [6.07, 6.45) is -2.74. The molecule has 0 N–H and O–H groups in total. The normalized spacial score (nSPS) is 9.93. The summed E-state index contributed by atoms with van der Waals surface area (Å²) in [5.41, 5.74) is -1.37. The van der Waals surface area contributed by atoms with Gasteiger partial charge in [0.15, 0.2) is 6.29 Å². The number of aromatic nitrogens is 1. The summed E-state index contributed by atoms with van der Waals surface area (Å²) < 4.78 is 24.6. The van der Waals surface area contributed by atoms with Crippen molar-refractivity contribution in [2.75, 3.05) is 0 Å². The number of hydrogen-bond acceptors (Lipinski definition) is 3. The number of carbonyl (C=O) groups excluding carboxylic acids is 1. The van der Waals surface area contributed by atoms with Crippen LogP contribution in [0.5, 0.6) is 0 Å². The number of aldehydes is 1. The predicted molar refractivity (Wildman–Crippen MR) is 44.3 cm³/mol. The maximum absolute atomic E-state index is 12.3. The molecule has 0 fully saturated rings. The summed E-state index contributed by atoms with van der Waals surface area (Å²) in [4.78, 5) is 13.7. The van der Waals surface area contributed by atoms with E-state index in [0.29, 0.717) is 0 Å². The van der Waals surface area contributed by atoms with Crippen LogP contribution in [0, 0.1) is 11.3 Å². The maximum Gasteiger partial charge on any atom is 0.281 e. The molecule has 72 valence electrons. The smallest absolute Gasteiger partial charge is 0.281 e. The molecule has 0 amide bonds. The summed E-state index contributed by atoms with van der Waals surface area (Å²) in [6, 6.07) is 2.64. The summed E-state index contributed by atoms with van der Waals surface area (Å²) in [5.74, 6) is 0. The van der Waals surface area contributed by atoms with E-state index in [1.165, 1.54) is 0 Å². The van der Waals surface area contributed by atoms with Crippen molar-refractivity contribution in [2.24, 2.45) is 0 Å². The van der Waals surface area contributed by atoms with Gasteiger partial charge in [-0.15, -0.1) is 0 Å². The first-order valence-corrected chi connectivity index (χ1v) is 3.81. The van der Waals surface area contributed by atoms with Gasteiger partial charge in [-0.25, -0.2) is 13.8 Å². The molecule has 0 aliphatic rings. The minimum atomic E-state index is -2.93. The van der Waals surface area contributed by atoms with Crippen molar-refractivity contribution in [1.29, 1.82) is 5.26 Å². The molecule has 0 radical (unpaired) electrons. The number of carbonyl (C=O) groups is 1. The Bertz CT molecular complexity index is 415.